The number of ether oxygens (including phenoxy) is 1. The highest BCUT2D eigenvalue weighted by molar-refractivity contribution is 7.93. The van der Waals surface area contributed by atoms with E-state index in [0.717, 1.165) is 12.8 Å². The van der Waals surface area contributed by atoms with E-state index in [2.05, 4.69) is 10.3 Å². The SMILES string of the molecule is CCCCN(C)S(=O)(=O)C1=C(C)NC(C)=C(C(=O)OC(C)C)C1c1ccccn1. The first-order valence-electron chi connectivity index (χ1n) is 9.88. The van der Waals surface area contributed by atoms with Crippen LogP contribution in [0.3, 0.4) is 0 Å². The standard InChI is InChI=1S/C21H31N3O4S/c1-7-8-13-24(6)29(26,27)20-16(5)23-15(4)18(21(25)28-14(2)3)19(20)17-11-9-10-12-22-17/h9-12,14,19,23H,7-8,13H2,1-6H3. The van der Waals surface area contributed by atoms with Gasteiger partial charge >= 0.3 is 5.97 Å². The number of rotatable bonds is 8. The number of carbonyl (C=O) groups excluding carboxylic acids is 1. The summed E-state index contributed by atoms with van der Waals surface area (Å²) in [6.45, 7) is 9.40. The Balaban J connectivity index is 2.65. The lowest BCUT2D eigenvalue weighted by atomic mass is 9.89. The number of sulfonamides is 1. The number of unbranched alkanes of at least 4 members (excludes halogenated alkanes) is 1. The molecule has 1 aliphatic heterocycles. The number of nitrogens with zero attached hydrogens (tertiary/aromatic N) is 2. The summed E-state index contributed by atoms with van der Waals surface area (Å²) >= 11 is 0. The second-order valence-electron chi connectivity index (χ2n) is 7.47. The highest BCUT2D eigenvalue weighted by Crippen LogP contribution is 2.41. The number of pyridine rings is 1. The molecule has 8 heteroatoms. The maximum absolute atomic E-state index is 13.5. The van der Waals surface area contributed by atoms with Gasteiger partial charge in [-0.1, -0.05) is 19.4 Å². The van der Waals surface area contributed by atoms with Crippen LogP contribution in [-0.2, 0) is 19.6 Å². The number of carbonyl (C=O) groups is 1. The van der Waals surface area contributed by atoms with E-state index in [1.807, 2.05) is 6.92 Å². The van der Waals surface area contributed by atoms with E-state index in [1.165, 1.54) is 4.31 Å². The molecule has 0 fully saturated rings. The number of aromatic nitrogens is 1. The Morgan fingerprint density at radius 2 is 1.97 bits per heavy atom. The Bertz CT molecular complexity index is 905. The van der Waals surface area contributed by atoms with Crippen molar-refractivity contribution in [2.24, 2.45) is 0 Å². The molecule has 1 aliphatic rings. The molecule has 160 valence electrons. The third-order valence-electron chi connectivity index (χ3n) is 4.76. The lowest BCUT2D eigenvalue weighted by molar-refractivity contribution is -0.143. The van der Waals surface area contributed by atoms with Crippen LogP contribution in [0.1, 0.15) is 59.1 Å². The molecule has 1 atom stereocenters. The van der Waals surface area contributed by atoms with Gasteiger partial charge < -0.3 is 10.1 Å². The van der Waals surface area contributed by atoms with Gasteiger partial charge in [-0.25, -0.2) is 17.5 Å². The summed E-state index contributed by atoms with van der Waals surface area (Å²) in [5, 5.41) is 3.08. The molecule has 0 aromatic carbocycles. The molecule has 1 aromatic rings. The molecule has 1 unspecified atom stereocenters. The van der Waals surface area contributed by atoms with E-state index in [4.69, 9.17) is 4.74 Å². The van der Waals surface area contributed by atoms with Crippen molar-refractivity contribution in [3.63, 3.8) is 0 Å². The molecule has 0 saturated heterocycles. The lowest BCUT2D eigenvalue weighted by Gasteiger charge is -2.32. The molecule has 0 saturated carbocycles. The van der Waals surface area contributed by atoms with Gasteiger partial charge in [0, 0.05) is 31.2 Å². The summed E-state index contributed by atoms with van der Waals surface area (Å²) in [7, 11) is -2.26. The van der Waals surface area contributed by atoms with E-state index in [1.54, 1.807) is 59.1 Å². The van der Waals surface area contributed by atoms with Crippen LogP contribution in [0.5, 0.6) is 0 Å². The van der Waals surface area contributed by atoms with Gasteiger partial charge in [-0.3, -0.25) is 4.98 Å². The van der Waals surface area contributed by atoms with Crippen LogP contribution in [0.25, 0.3) is 0 Å². The van der Waals surface area contributed by atoms with Crippen molar-refractivity contribution >= 4 is 16.0 Å². The Labute approximate surface area is 173 Å². The van der Waals surface area contributed by atoms with Crippen LogP contribution in [0.4, 0.5) is 0 Å². The van der Waals surface area contributed by atoms with Crippen LogP contribution < -0.4 is 5.32 Å². The molecule has 1 N–H and O–H groups in total. The van der Waals surface area contributed by atoms with Crippen molar-refractivity contribution in [3.05, 3.63) is 52.0 Å². The van der Waals surface area contributed by atoms with E-state index in [-0.39, 0.29) is 16.6 Å². The largest absolute Gasteiger partial charge is 0.460 e. The molecule has 29 heavy (non-hydrogen) atoms. The predicted molar refractivity (Wildman–Crippen MR) is 113 cm³/mol. The molecule has 7 nitrogen and oxygen atoms in total. The lowest BCUT2D eigenvalue weighted by Crippen LogP contribution is -2.38. The minimum Gasteiger partial charge on any atom is -0.460 e. The average Bonchev–Trinajstić information content (AvgIpc) is 2.65. The van der Waals surface area contributed by atoms with Crippen molar-refractivity contribution in [2.75, 3.05) is 13.6 Å². The minimum absolute atomic E-state index is 0.135. The van der Waals surface area contributed by atoms with Gasteiger partial charge in [0.1, 0.15) is 0 Å². The summed E-state index contributed by atoms with van der Waals surface area (Å²) in [4.78, 5) is 17.5. The van der Waals surface area contributed by atoms with E-state index < -0.39 is 21.9 Å². The fourth-order valence-electron chi connectivity index (χ4n) is 3.36. The maximum atomic E-state index is 13.5. The smallest absolute Gasteiger partial charge is 0.337 e. The van der Waals surface area contributed by atoms with Gasteiger partial charge in [-0.15, -0.1) is 0 Å². The Morgan fingerprint density at radius 3 is 2.52 bits per heavy atom. The van der Waals surface area contributed by atoms with Gasteiger partial charge in [-0.2, -0.15) is 0 Å². The van der Waals surface area contributed by atoms with Crippen molar-refractivity contribution in [1.29, 1.82) is 0 Å². The van der Waals surface area contributed by atoms with Crippen molar-refractivity contribution in [2.45, 2.75) is 59.5 Å². The maximum Gasteiger partial charge on any atom is 0.337 e. The summed E-state index contributed by atoms with van der Waals surface area (Å²) in [6.07, 6.45) is 2.90. The number of nitrogens with one attached hydrogen (secondary N) is 1. The summed E-state index contributed by atoms with van der Waals surface area (Å²) in [6, 6.07) is 5.28. The Hall–Kier alpha value is -2.19. The first-order valence-corrected chi connectivity index (χ1v) is 11.3. The third kappa shape index (κ3) is 5.05. The highest BCUT2D eigenvalue weighted by atomic mass is 32.2. The van der Waals surface area contributed by atoms with Crippen LogP contribution in [0.2, 0.25) is 0 Å². The second-order valence-corrected chi connectivity index (χ2v) is 9.49. The Kier molecular flexibility index (Phi) is 7.60. The second kappa shape index (κ2) is 9.54. The van der Waals surface area contributed by atoms with Gasteiger partial charge in [0.2, 0.25) is 10.0 Å². The van der Waals surface area contributed by atoms with Crippen LogP contribution >= 0.6 is 0 Å². The topological polar surface area (TPSA) is 88.6 Å². The molecule has 0 aliphatic carbocycles. The van der Waals surface area contributed by atoms with Crippen LogP contribution in [0, 0.1) is 0 Å². The summed E-state index contributed by atoms with van der Waals surface area (Å²) < 4.78 is 33.8. The highest BCUT2D eigenvalue weighted by Gasteiger charge is 2.42. The fraction of sp³-hybridized carbons (Fsp3) is 0.524. The van der Waals surface area contributed by atoms with Gasteiger partial charge in [0.05, 0.1) is 28.2 Å². The predicted octanol–water partition coefficient (Wildman–Crippen LogP) is 3.29. The van der Waals surface area contributed by atoms with Crippen LogP contribution in [-0.4, -0.2) is 43.4 Å². The molecule has 0 amide bonds. The zero-order chi connectivity index (χ0) is 21.8. The minimum atomic E-state index is -3.83. The van der Waals surface area contributed by atoms with Crippen molar-refractivity contribution < 1.29 is 17.9 Å². The van der Waals surface area contributed by atoms with E-state index in [9.17, 15) is 13.2 Å². The first kappa shape index (κ1) is 23.1. The van der Waals surface area contributed by atoms with E-state index >= 15 is 0 Å². The zero-order valence-electron chi connectivity index (χ0n) is 18.0. The van der Waals surface area contributed by atoms with Crippen molar-refractivity contribution in [3.8, 4) is 0 Å². The number of allylic oxidation sites excluding steroid dienone is 3. The molecule has 1 aromatic heterocycles. The molecular weight excluding hydrogens is 390 g/mol. The molecule has 0 spiro atoms. The summed E-state index contributed by atoms with van der Waals surface area (Å²) in [5.41, 5.74) is 1.82. The number of dihydropyridines is 1. The number of hydrogen-bond donors (Lipinski definition) is 1. The Morgan fingerprint density at radius 1 is 1.28 bits per heavy atom. The summed E-state index contributed by atoms with van der Waals surface area (Å²) in [5.74, 6) is -1.38. The van der Waals surface area contributed by atoms with Crippen molar-refractivity contribution in [1.82, 2.24) is 14.6 Å². The molecule has 2 rings (SSSR count). The first-order chi connectivity index (χ1) is 13.6. The average molecular weight is 422 g/mol. The monoisotopic (exact) mass is 421 g/mol. The number of esters is 1. The molecule has 0 bridgehead atoms. The van der Waals surface area contributed by atoms with Gasteiger partial charge in [-0.05, 0) is 46.2 Å². The quantitative estimate of drug-likeness (QED) is 0.648. The molecule has 2 heterocycles. The molecule has 0 radical (unpaired) electrons. The normalized spacial score (nSPS) is 17.7. The van der Waals surface area contributed by atoms with E-state index in [0.29, 0.717) is 23.6 Å². The third-order valence-corrected chi connectivity index (χ3v) is 6.86. The van der Waals surface area contributed by atoms with Gasteiger partial charge in [0.15, 0.2) is 0 Å². The van der Waals surface area contributed by atoms with Gasteiger partial charge in [0.25, 0.3) is 0 Å². The number of hydrogen-bond acceptors (Lipinski definition) is 6. The fourth-order valence-corrected chi connectivity index (χ4v) is 5.04. The molecular formula is C21H31N3O4S. The van der Waals surface area contributed by atoms with Crippen LogP contribution in [0.15, 0.2) is 46.3 Å². The zero-order valence-corrected chi connectivity index (χ0v) is 18.8.